The molecule has 0 heterocycles. The van der Waals surface area contributed by atoms with Crippen molar-refractivity contribution in [3.05, 3.63) is 0 Å². The van der Waals surface area contributed by atoms with Gasteiger partial charge in [-0.3, -0.25) is 9.59 Å². The van der Waals surface area contributed by atoms with E-state index in [0.29, 0.717) is 0 Å². The maximum absolute atomic E-state index is 10.7. The van der Waals surface area contributed by atoms with E-state index in [1.54, 1.807) is 84.6 Å². The van der Waals surface area contributed by atoms with Gasteiger partial charge in [0.2, 0.25) is 11.8 Å². The lowest BCUT2D eigenvalue weighted by Crippen LogP contribution is -2.33. The summed E-state index contributed by atoms with van der Waals surface area (Å²) >= 11 is 0. The van der Waals surface area contributed by atoms with Gasteiger partial charge < -0.3 is 38.9 Å². The zero-order chi connectivity index (χ0) is 28.8. The molecule has 0 aliphatic heterocycles. The van der Waals surface area contributed by atoms with E-state index in [1.807, 2.05) is 0 Å². The van der Waals surface area contributed by atoms with Crippen LogP contribution in [-0.4, -0.2) is 158 Å². The van der Waals surface area contributed by atoms with Gasteiger partial charge in [-0.15, -0.1) is 0 Å². The van der Waals surface area contributed by atoms with Gasteiger partial charge >= 0.3 is 18.2 Å². The van der Waals surface area contributed by atoms with Crippen molar-refractivity contribution >= 4 is 30.0 Å². The molecular weight excluding hydrogens is 448 g/mol. The van der Waals surface area contributed by atoms with Crippen LogP contribution in [0.25, 0.3) is 0 Å². The fourth-order valence-corrected chi connectivity index (χ4v) is 0.765. The Labute approximate surface area is 206 Å². The third-order valence-corrected chi connectivity index (χ3v) is 3.10. The Morgan fingerprint density at radius 3 is 0.588 bits per heavy atom. The van der Waals surface area contributed by atoms with Crippen LogP contribution in [0, 0.1) is 0 Å². The number of hydrogen-bond donors (Lipinski definition) is 0. The molecule has 0 bridgehead atoms. The molecule has 0 saturated carbocycles. The fourth-order valence-electron chi connectivity index (χ4n) is 0.765. The van der Waals surface area contributed by atoms with Crippen molar-refractivity contribution in [3.8, 4) is 0 Å². The molecule has 0 spiro atoms. The molecular formula is C21H48N6O7. The lowest BCUT2D eigenvalue weighted by molar-refractivity contribution is -0.127. The van der Waals surface area contributed by atoms with Gasteiger partial charge in [0, 0.05) is 98.4 Å². The summed E-state index contributed by atoms with van der Waals surface area (Å²) < 4.78 is 8.60. The standard InChI is InChI=1S/C5H12N2O.2C4H9NO2.2C4H9NO/c1-6(2)5(8)7(3)4;2*1-5(2)4(6)7-3;2*1-4(6)5(2)3/h1-4H3;2*1-3H3;2*1-3H3. The Morgan fingerprint density at radius 2 is 0.588 bits per heavy atom. The molecule has 0 aromatic carbocycles. The van der Waals surface area contributed by atoms with E-state index in [4.69, 9.17) is 0 Å². The summed E-state index contributed by atoms with van der Waals surface area (Å²) in [5.41, 5.74) is 0. The van der Waals surface area contributed by atoms with Gasteiger partial charge in [0.05, 0.1) is 14.2 Å². The first-order valence-electron chi connectivity index (χ1n) is 9.95. The lowest BCUT2D eigenvalue weighted by Gasteiger charge is -2.16. The van der Waals surface area contributed by atoms with Crippen LogP contribution in [0.15, 0.2) is 0 Å². The first-order chi connectivity index (χ1) is 15.2. The van der Waals surface area contributed by atoms with Gasteiger partial charge in [0.15, 0.2) is 0 Å². The largest absolute Gasteiger partial charge is 0.453 e. The molecule has 6 amide bonds. The van der Waals surface area contributed by atoms with E-state index >= 15 is 0 Å². The second-order valence-corrected chi connectivity index (χ2v) is 7.63. The zero-order valence-corrected chi connectivity index (χ0v) is 24.0. The van der Waals surface area contributed by atoms with Crippen molar-refractivity contribution in [3.63, 3.8) is 0 Å². The second-order valence-electron chi connectivity index (χ2n) is 7.63. The van der Waals surface area contributed by atoms with Gasteiger partial charge in [-0.05, 0) is 0 Å². The Kier molecular flexibility index (Phi) is 29.4. The molecule has 0 radical (unpaired) electrons. The number of nitrogens with zero attached hydrogens (tertiary/aromatic N) is 6. The zero-order valence-electron chi connectivity index (χ0n) is 24.0. The highest BCUT2D eigenvalue weighted by molar-refractivity contribution is 5.73. The van der Waals surface area contributed by atoms with Gasteiger partial charge in [-0.1, -0.05) is 0 Å². The molecule has 0 unspecified atom stereocenters. The molecule has 34 heavy (non-hydrogen) atoms. The SMILES string of the molecule is CC(=O)N(C)C.CC(=O)N(C)C.CN(C)C(=O)N(C)C.COC(=O)N(C)C.COC(=O)N(C)C. The van der Waals surface area contributed by atoms with Crippen molar-refractivity contribution < 1.29 is 33.4 Å². The van der Waals surface area contributed by atoms with Gasteiger partial charge in [-0.25, -0.2) is 14.4 Å². The van der Waals surface area contributed by atoms with Crippen molar-refractivity contribution in [1.29, 1.82) is 0 Å². The number of hydrogen-bond acceptors (Lipinski definition) is 7. The topological polar surface area (TPSA) is 123 Å². The predicted octanol–water partition coefficient (Wildman–Crippen LogP) is 1.05. The minimum atomic E-state index is -0.319. The maximum atomic E-state index is 10.7. The first kappa shape index (κ1) is 41.0. The summed E-state index contributed by atoms with van der Waals surface area (Å²) in [5, 5.41) is 0. The second kappa shape index (κ2) is 24.4. The normalized spacial score (nSPS) is 8.00. The van der Waals surface area contributed by atoms with Crippen LogP contribution in [0.2, 0.25) is 0 Å². The van der Waals surface area contributed by atoms with E-state index in [9.17, 15) is 24.0 Å². The molecule has 0 fully saturated rings. The van der Waals surface area contributed by atoms with E-state index in [1.165, 1.54) is 57.5 Å². The molecule has 0 atom stereocenters. The van der Waals surface area contributed by atoms with Crippen molar-refractivity contribution in [2.24, 2.45) is 0 Å². The highest BCUT2D eigenvalue weighted by Crippen LogP contribution is 1.83. The molecule has 13 heteroatoms. The number of urea groups is 1. The Bertz CT molecular complexity index is 530. The van der Waals surface area contributed by atoms with Crippen LogP contribution in [-0.2, 0) is 19.1 Å². The van der Waals surface area contributed by atoms with Gasteiger partial charge in [0.1, 0.15) is 0 Å². The maximum Gasteiger partial charge on any atom is 0.408 e. The van der Waals surface area contributed by atoms with Crippen LogP contribution in [0.5, 0.6) is 0 Å². The number of ether oxygens (including phenoxy) is 2. The van der Waals surface area contributed by atoms with Crippen LogP contribution in [0.4, 0.5) is 14.4 Å². The van der Waals surface area contributed by atoms with Crippen LogP contribution in [0.3, 0.4) is 0 Å². The fraction of sp³-hybridized carbons (Fsp3) is 0.762. The average molecular weight is 497 g/mol. The van der Waals surface area contributed by atoms with Crippen LogP contribution in [0.1, 0.15) is 13.8 Å². The summed E-state index contributed by atoms with van der Waals surface area (Å²) in [6.45, 7) is 3.06. The molecule has 0 aliphatic rings. The van der Waals surface area contributed by atoms with Crippen molar-refractivity contribution in [2.45, 2.75) is 13.8 Å². The number of carbonyl (C=O) groups excluding carboxylic acids is 5. The highest BCUT2D eigenvalue weighted by atomic mass is 16.5. The molecule has 204 valence electrons. The molecule has 0 aromatic heterocycles. The minimum absolute atomic E-state index is 0.0185. The molecule has 13 nitrogen and oxygen atoms in total. The summed E-state index contributed by atoms with van der Waals surface area (Å²) in [5.74, 6) is 0.185. The van der Waals surface area contributed by atoms with Gasteiger partial charge in [-0.2, -0.15) is 0 Å². The van der Waals surface area contributed by atoms with Gasteiger partial charge in [0.25, 0.3) is 0 Å². The average Bonchev–Trinajstić information content (AvgIpc) is 2.72. The highest BCUT2D eigenvalue weighted by Gasteiger charge is 2.02. The Morgan fingerprint density at radius 1 is 0.412 bits per heavy atom. The summed E-state index contributed by atoms with van der Waals surface area (Å²) in [4.78, 5) is 60.1. The van der Waals surface area contributed by atoms with E-state index < -0.39 is 0 Å². The van der Waals surface area contributed by atoms with Crippen molar-refractivity contribution in [1.82, 2.24) is 29.4 Å². The monoisotopic (exact) mass is 496 g/mol. The van der Waals surface area contributed by atoms with E-state index in [0.717, 1.165) is 0 Å². The smallest absolute Gasteiger partial charge is 0.408 e. The Balaban J connectivity index is -0.000000104. The molecule has 0 aliphatic carbocycles. The minimum Gasteiger partial charge on any atom is -0.453 e. The summed E-state index contributed by atoms with van der Waals surface area (Å²) in [7, 11) is 23.0. The number of methoxy groups -OCH3 is 2. The Hall–Kier alpha value is -3.25. The number of amides is 6. The van der Waals surface area contributed by atoms with E-state index in [2.05, 4.69) is 9.47 Å². The van der Waals surface area contributed by atoms with E-state index in [-0.39, 0.29) is 30.0 Å². The molecule has 0 N–H and O–H groups in total. The third kappa shape index (κ3) is 36.1. The third-order valence-electron chi connectivity index (χ3n) is 3.10. The van der Waals surface area contributed by atoms with Crippen molar-refractivity contribution in [2.75, 3.05) is 98.8 Å². The molecule has 0 saturated heterocycles. The van der Waals surface area contributed by atoms with Crippen LogP contribution < -0.4 is 0 Å². The van der Waals surface area contributed by atoms with Crippen LogP contribution >= 0.6 is 0 Å². The summed E-state index contributed by atoms with van der Waals surface area (Å²) in [6, 6.07) is 0.0185. The summed E-state index contributed by atoms with van der Waals surface area (Å²) in [6.07, 6.45) is -0.639. The molecule has 0 aromatic rings. The lowest BCUT2D eigenvalue weighted by atomic mass is 10.7. The predicted molar refractivity (Wildman–Crippen MR) is 134 cm³/mol. The number of carbonyl (C=O) groups is 5. The quantitative estimate of drug-likeness (QED) is 0.491. The molecule has 0 rings (SSSR count). The number of rotatable bonds is 0. The first-order valence-corrected chi connectivity index (χ1v) is 9.95.